The van der Waals surface area contributed by atoms with Gasteiger partial charge in [0.05, 0.1) is 18.2 Å². The first-order valence-corrected chi connectivity index (χ1v) is 16.2. The monoisotopic (exact) mass is 630 g/mol. The summed E-state index contributed by atoms with van der Waals surface area (Å²) in [5.74, 6) is 1.84. The Hall–Kier alpha value is -3.96. The third kappa shape index (κ3) is 7.53. The van der Waals surface area contributed by atoms with Crippen LogP contribution in [0.1, 0.15) is 54.4 Å². The molecule has 3 aliphatic heterocycles. The summed E-state index contributed by atoms with van der Waals surface area (Å²) in [5, 5.41) is 0. The van der Waals surface area contributed by atoms with E-state index < -0.39 is 17.1 Å². The molecule has 0 saturated carbocycles. The number of likely N-dealkylation sites (N-methyl/N-ethyl adjacent to an activating group) is 1. The first-order chi connectivity index (χ1) is 21.7. The maximum Gasteiger partial charge on any atom is 0.415 e. The molecule has 2 atom stereocenters. The zero-order valence-electron chi connectivity index (χ0n) is 28.5. The van der Waals surface area contributed by atoms with Crippen LogP contribution in [-0.4, -0.2) is 96.8 Å². The van der Waals surface area contributed by atoms with Gasteiger partial charge in [-0.3, -0.25) is 4.90 Å². The van der Waals surface area contributed by atoms with Crippen LogP contribution in [0.4, 0.5) is 16.4 Å². The van der Waals surface area contributed by atoms with E-state index in [4.69, 9.17) is 30.2 Å². The van der Waals surface area contributed by atoms with Crippen LogP contribution in [0.25, 0.3) is 0 Å². The average molecular weight is 631 g/mol. The van der Waals surface area contributed by atoms with Crippen molar-refractivity contribution in [3.05, 3.63) is 66.0 Å². The number of piperazine rings is 1. The van der Waals surface area contributed by atoms with E-state index in [1.807, 2.05) is 36.1 Å². The van der Waals surface area contributed by atoms with Gasteiger partial charge < -0.3 is 29.9 Å². The molecule has 1 aliphatic carbocycles. The van der Waals surface area contributed by atoms with Crippen LogP contribution in [0.3, 0.4) is 0 Å². The summed E-state index contributed by atoms with van der Waals surface area (Å²) in [6.07, 6.45) is 9.37. The molecule has 5 rings (SSSR count). The molecule has 0 spiro atoms. The number of cyclic esters (lactones) is 1. The minimum absolute atomic E-state index is 0.126. The predicted molar refractivity (Wildman–Crippen MR) is 185 cm³/mol. The van der Waals surface area contributed by atoms with Crippen LogP contribution in [-0.2, 0) is 9.47 Å². The summed E-state index contributed by atoms with van der Waals surface area (Å²) in [6, 6.07) is 5.98. The largest absolute Gasteiger partial charge is 0.447 e. The van der Waals surface area contributed by atoms with Crippen LogP contribution in [0.2, 0.25) is 0 Å². The summed E-state index contributed by atoms with van der Waals surface area (Å²) < 4.78 is 11.7. The molecular formula is C35H50N8O3. The van der Waals surface area contributed by atoms with Gasteiger partial charge in [-0.05, 0) is 77.1 Å². The second-order valence-corrected chi connectivity index (χ2v) is 14.0. The lowest BCUT2D eigenvalue weighted by Crippen LogP contribution is -2.49. The molecule has 3 saturated heterocycles. The molecule has 11 nitrogen and oxygen atoms in total. The van der Waals surface area contributed by atoms with Crippen LogP contribution in [0.5, 0.6) is 0 Å². The van der Waals surface area contributed by atoms with Crippen molar-refractivity contribution in [3.8, 4) is 0 Å². The Bertz CT molecular complexity index is 1490. The highest BCUT2D eigenvalue weighted by Crippen LogP contribution is 2.35. The van der Waals surface area contributed by atoms with E-state index in [0.717, 1.165) is 30.9 Å². The van der Waals surface area contributed by atoms with E-state index in [2.05, 4.69) is 76.3 Å². The molecule has 11 heteroatoms. The van der Waals surface area contributed by atoms with Gasteiger partial charge in [0.1, 0.15) is 24.1 Å². The Labute approximate surface area is 273 Å². The zero-order valence-corrected chi connectivity index (χ0v) is 28.5. The summed E-state index contributed by atoms with van der Waals surface area (Å²) in [5.41, 5.74) is 8.49. The highest BCUT2D eigenvalue weighted by molar-refractivity contribution is 6.14. The fraction of sp³-hybridized carbons (Fsp3) is 0.543. The molecule has 1 amide bonds. The van der Waals surface area contributed by atoms with Gasteiger partial charge >= 0.3 is 6.09 Å². The molecule has 1 aromatic rings. The highest BCUT2D eigenvalue weighted by atomic mass is 16.6. The van der Waals surface area contributed by atoms with Gasteiger partial charge in [0.25, 0.3) is 0 Å². The average Bonchev–Trinajstić information content (AvgIpc) is 3.19. The topological polar surface area (TPSA) is 112 Å². The number of allylic oxidation sites excluding steroid dienone is 4. The number of anilines is 2. The maximum atomic E-state index is 12.5. The summed E-state index contributed by atoms with van der Waals surface area (Å²) >= 11 is 0. The highest BCUT2D eigenvalue weighted by Gasteiger charge is 2.37. The summed E-state index contributed by atoms with van der Waals surface area (Å²) in [6.45, 7) is 21.4. The zero-order chi connectivity index (χ0) is 33.2. The number of rotatable bonds is 4. The number of pyridine rings is 1. The summed E-state index contributed by atoms with van der Waals surface area (Å²) in [7, 11) is 2.18. The SMILES string of the molecule is C=C1/C(=N\C(N)=NC2=CC=C(N3CCN(C)C(C)C3)C=CC2)N(c2cccc(N3C(=O)OCC3C)n2)CCC(C)(C)OCC1(C)C. The molecule has 3 fully saturated rings. The molecule has 1 aromatic heterocycles. The van der Waals surface area contributed by atoms with Crippen LogP contribution < -0.4 is 15.5 Å². The third-order valence-corrected chi connectivity index (χ3v) is 9.30. The van der Waals surface area contributed by atoms with Gasteiger partial charge in [-0.25, -0.2) is 14.8 Å². The number of guanidine groups is 1. The fourth-order valence-corrected chi connectivity index (χ4v) is 5.83. The number of amides is 1. The minimum Gasteiger partial charge on any atom is -0.447 e. The van der Waals surface area contributed by atoms with Crippen molar-refractivity contribution in [2.45, 2.75) is 72.1 Å². The van der Waals surface area contributed by atoms with Crippen molar-refractivity contribution in [2.24, 2.45) is 21.1 Å². The van der Waals surface area contributed by atoms with Crippen molar-refractivity contribution in [2.75, 3.05) is 56.2 Å². The predicted octanol–water partition coefficient (Wildman–Crippen LogP) is 5.09. The number of ether oxygens (including phenoxy) is 2. The number of nitrogens with two attached hydrogens (primary N) is 1. The van der Waals surface area contributed by atoms with Crippen LogP contribution in [0, 0.1) is 5.41 Å². The quantitative estimate of drug-likeness (QED) is 0.362. The molecule has 248 valence electrons. The van der Waals surface area contributed by atoms with Crippen molar-refractivity contribution >= 4 is 29.5 Å². The van der Waals surface area contributed by atoms with E-state index in [9.17, 15) is 4.79 Å². The second kappa shape index (κ2) is 13.4. The van der Waals surface area contributed by atoms with Crippen molar-refractivity contribution < 1.29 is 14.3 Å². The number of nitrogens with zero attached hydrogens (tertiary/aromatic N) is 7. The lowest BCUT2D eigenvalue weighted by Gasteiger charge is -2.39. The number of aromatic nitrogens is 1. The molecule has 4 aliphatic rings. The van der Waals surface area contributed by atoms with Crippen molar-refractivity contribution in [3.63, 3.8) is 0 Å². The smallest absolute Gasteiger partial charge is 0.415 e. The fourth-order valence-electron chi connectivity index (χ4n) is 5.83. The molecule has 2 unspecified atom stereocenters. The maximum absolute atomic E-state index is 12.5. The molecule has 46 heavy (non-hydrogen) atoms. The van der Waals surface area contributed by atoms with Crippen molar-refractivity contribution in [1.82, 2.24) is 14.8 Å². The molecule has 0 radical (unpaired) electrons. The Balaban J connectivity index is 1.51. The standard InChI is InChI=1S/C35H50N8O3/c1-24-21-41(20-19-40(24)8)28-12-9-11-27(15-16-28)37-32(36)39-31-26(3)34(4,5)23-46-35(6,7)17-18-42(31)29-13-10-14-30(38-29)43-25(2)22-45-33(43)44/h9-10,12-16,24-25H,3,11,17-23H2,1-2,4-8H3,(H2,36,37)/b39-31+. The summed E-state index contributed by atoms with van der Waals surface area (Å²) in [4.78, 5) is 35.6. The number of carbonyl (C=O) groups excluding carboxylic acids is 1. The number of aliphatic imine (C=N–C) groups is 2. The lowest BCUT2D eigenvalue weighted by molar-refractivity contribution is -0.0475. The van der Waals surface area contributed by atoms with E-state index >= 15 is 0 Å². The van der Waals surface area contributed by atoms with Gasteiger partial charge in [-0.2, -0.15) is 4.99 Å². The molecule has 4 heterocycles. The van der Waals surface area contributed by atoms with Gasteiger partial charge in [0, 0.05) is 55.5 Å². The van der Waals surface area contributed by atoms with E-state index in [0.29, 0.717) is 56.1 Å². The Morgan fingerprint density at radius 3 is 2.57 bits per heavy atom. The first kappa shape index (κ1) is 33.4. The molecule has 0 bridgehead atoms. The minimum atomic E-state index is -0.467. The normalized spacial score (nSPS) is 27.1. The second-order valence-electron chi connectivity index (χ2n) is 14.0. The van der Waals surface area contributed by atoms with Gasteiger partial charge in [-0.1, -0.05) is 32.6 Å². The number of hydrogen-bond donors (Lipinski definition) is 1. The number of amidine groups is 1. The van der Waals surface area contributed by atoms with Crippen LogP contribution >= 0.6 is 0 Å². The van der Waals surface area contributed by atoms with Gasteiger partial charge in [0.2, 0.25) is 5.96 Å². The molecule has 2 N–H and O–H groups in total. The first-order valence-electron chi connectivity index (χ1n) is 16.2. The Kier molecular flexibility index (Phi) is 9.74. The lowest BCUT2D eigenvalue weighted by atomic mass is 9.84. The Morgan fingerprint density at radius 2 is 1.85 bits per heavy atom. The van der Waals surface area contributed by atoms with E-state index in [1.165, 1.54) is 5.70 Å². The van der Waals surface area contributed by atoms with E-state index in [-0.39, 0.29) is 12.0 Å². The third-order valence-electron chi connectivity index (χ3n) is 9.30. The van der Waals surface area contributed by atoms with Gasteiger partial charge in [0.15, 0.2) is 0 Å². The number of carbonyl (C=O) groups is 1. The van der Waals surface area contributed by atoms with Gasteiger partial charge in [-0.15, -0.1) is 0 Å². The van der Waals surface area contributed by atoms with Crippen LogP contribution in [0.15, 0.2) is 76.0 Å². The number of hydrogen-bond acceptors (Lipinski definition) is 7. The van der Waals surface area contributed by atoms with Crippen molar-refractivity contribution in [1.29, 1.82) is 0 Å². The molecular weight excluding hydrogens is 580 g/mol. The van der Waals surface area contributed by atoms with E-state index in [1.54, 1.807) is 4.90 Å². The molecule has 0 aromatic carbocycles. The Morgan fingerprint density at radius 1 is 1.09 bits per heavy atom.